The molecule has 0 bridgehead atoms. The fourth-order valence-electron chi connectivity index (χ4n) is 3.49. The monoisotopic (exact) mass is 406 g/mol. The molecule has 1 aliphatic carbocycles. The van der Waals surface area contributed by atoms with Crippen LogP contribution in [0.25, 0.3) is 0 Å². The molecular formula is C22H30O7. The van der Waals surface area contributed by atoms with Crippen LogP contribution in [-0.2, 0) is 28.6 Å². The Bertz CT molecular complexity index is 733. The lowest BCUT2D eigenvalue weighted by atomic mass is 9.85. The molecule has 0 aromatic carbocycles. The minimum absolute atomic E-state index is 0.225. The van der Waals surface area contributed by atoms with Crippen LogP contribution in [0.3, 0.4) is 0 Å². The fourth-order valence-corrected chi connectivity index (χ4v) is 3.49. The Morgan fingerprint density at radius 1 is 1.38 bits per heavy atom. The number of ether oxygens (including phenoxy) is 3. The maximum atomic E-state index is 12.5. The van der Waals surface area contributed by atoms with E-state index in [1.165, 1.54) is 6.92 Å². The van der Waals surface area contributed by atoms with E-state index in [1.54, 1.807) is 26.0 Å². The Labute approximate surface area is 171 Å². The van der Waals surface area contributed by atoms with Crippen molar-refractivity contribution in [3.8, 4) is 0 Å². The average molecular weight is 406 g/mol. The molecule has 1 heterocycles. The van der Waals surface area contributed by atoms with Gasteiger partial charge in [-0.1, -0.05) is 26.5 Å². The van der Waals surface area contributed by atoms with Gasteiger partial charge in [0.1, 0.15) is 18.3 Å². The fraction of sp³-hybridized carbons (Fsp3) is 0.591. The first-order chi connectivity index (χ1) is 13.7. The maximum Gasteiger partial charge on any atom is 0.334 e. The zero-order chi connectivity index (χ0) is 21.7. The number of rotatable bonds is 5. The second-order valence-corrected chi connectivity index (χ2v) is 7.67. The highest BCUT2D eigenvalue weighted by Gasteiger charge is 2.45. The predicted molar refractivity (Wildman–Crippen MR) is 106 cm³/mol. The molecule has 0 radical (unpaired) electrons. The Balaban J connectivity index is 2.45. The van der Waals surface area contributed by atoms with Crippen LogP contribution in [0.1, 0.15) is 47.0 Å². The number of carbonyl (C=O) groups is 3. The van der Waals surface area contributed by atoms with E-state index in [2.05, 4.69) is 6.58 Å². The second kappa shape index (κ2) is 9.87. The molecule has 1 saturated heterocycles. The van der Waals surface area contributed by atoms with E-state index in [0.717, 1.165) is 0 Å². The minimum atomic E-state index is -0.701. The maximum absolute atomic E-state index is 12.5. The Kier molecular flexibility index (Phi) is 7.79. The van der Waals surface area contributed by atoms with E-state index in [0.29, 0.717) is 24.0 Å². The Hall–Kier alpha value is -2.41. The van der Waals surface area contributed by atoms with Crippen molar-refractivity contribution in [3.05, 3.63) is 35.5 Å². The lowest BCUT2D eigenvalue weighted by Crippen LogP contribution is -2.35. The van der Waals surface area contributed by atoms with Crippen LogP contribution in [0.5, 0.6) is 0 Å². The van der Waals surface area contributed by atoms with Crippen molar-refractivity contribution in [1.82, 2.24) is 0 Å². The van der Waals surface area contributed by atoms with Crippen LogP contribution in [0, 0.1) is 11.8 Å². The van der Waals surface area contributed by atoms with Crippen LogP contribution >= 0.6 is 0 Å². The Morgan fingerprint density at radius 3 is 2.66 bits per heavy atom. The van der Waals surface area contributed by atoms with Gasteiger partial charge in [0.2, 0.25) is 0 Å². The van der Waals surface area contributed by atoms with Gasteiger partial charge in [-0.05, 0) is 30.6 Å². The highest BCUT2D eigenvalue weighted by Crippen LogP contribution is 2.37. The number of esters is 3. The topological polar surface area (TPSA) is 99.1 Å². The summed E-state index contributed by atoms with van der Waals surface area (Å²) in [5, 5.41) is 9.82. The molecule has 0 saturated carbocycles. The first-order valence-electron chi connectivity index (χ1n) is 9.92. The van der Waals surface area contributed by atoms with Gasteiger partial charge in [0, 0.05) is 25.3 Å². The molecule has 2 rings (SSSR count). The van der Waals surface area contributed by atoms with Gasteiger partial charge in [-0.25, -0.2) is 4.79 Å². The van der Waals surface area contributed by atoms with Crippen molar-refractivity contribution >= 4 is 17.9 Å². The summed E-state index contributed by atoms with van der Waals surface area (Å²) >= 11 is 0. The van der Waals surface area contributed by atoms with Crippen molar-refractivity contribution in [2.45, 2.75) is 65.3 Å². The van der Waals surface area contributed by atoms with Gasteiger partial charge >= 0.3 is 17.9 Å². The first kappa shape index (κ1) is 22.9. The molecule has 2 aliphatic rings. The quantitative estimate of drug-likeness (QED) is 0.324. The second-order valence-electron chi connectivity index (χ2n) is 7.67. The molecule has 1 fully saturated rings. The molecule has 160 valence electrons. The highest BCUT2D eigenvalue weighted by molar-refractivity contribution is 5.91. The third kappa shape index (κ3) is 5.56. The normalized spacial score (nSPS) is 32.0. The Morgan fingerprint density at radius 2 is 2.07 bits per heavy atom. The first-order valence-corrected chi connectivity index (χ1v) is 9.92. The van der Waals surface area contributed by atoms with Gasteiger partial charge in [-0.2, -0.15) is 0 Å². The van der Waals surface area contributed by atoms with E-state index in [4.69, 9.17) is 14.2 Å². The van der Waals surface area contributed by atoms with E-state index in [9.17, 15) is 19.5 Å². The van der Waals surface area contributed by atoms with Crippen LogP contribution in [0.2, 0.25) is 0 Å². The van der Waals surface area contributed by atoms with Gasteiger partial charge in [0.15, 0.2) is 0 Å². The molecule has 7 nitrogen and oxygen atoms in total. The molecule has 1 aliphatic heterocycles. The van der Waals surface area contributed by atoms with E-state index < -0.39 is 36.2 Å². The predicted octanol–water partition coefficient (Wildman–Crippen LogP) is 2.63. The largest absolute Gasteiger partial charge is 0.461 e. The molecular weight excluding hydrogens is 376 g/mol. The van der Waals surface area contributed by atoms with Gasteiger partial charge in [-0.3, -0.25) is 9.59 Å². The molecule has 1 N–H and O–H groups in total. The average Bonchev–Trinajstić information content (AvgIpc) is 2.94. The van der Waals surface area contributed by atoms with Crippen molar-refractivity contribution in [2.24, 2.45) is 11.8 Å². The summed E-state index contributed by atoms with van der Waals surface area (Å²) in [6.45, 7) is 10.4. The van der Waals surface area contributed by atoms with Gasteiger partial charge in [0.05, 0.1) is 18.4 Å². The third-order valence-corrected chi connectivity index (χ3v) is 5.47. The van der Waals surface area contributed by atoms with E-state index in [-0.39, 0.29) is 30.5 Å². The van der Waals surface area contributed by atoms with Crippen molar-refractivity contribution < 1.29 is 33.7 Å². The summed E-state index contributed by atoms with van der Waals surface area (Å²) in [7, 11) is 0. The molecule has 0 spiro atoms. The molecule has 0 aromatic heterocycles. The zero-order valence-corrected chi connectivity index (χ0v) is 17.5. The lowest BCUT2D eigenvalue weighted by Gasteiger charge is -2.29. The summed E-state index contributed by atoms with van der Waals surface area (Å²) in [6, 6.07) is 0. The SMILES string of the molecule is C=C1C(=O)O[C@@H]2/C=C(/C)[C@@H](OC(C)=O)C/C=C(\CO)C[C@@H](OC(=O)[C@H](C)CC)[C@@H]12. The summed E-state index contributed by atoms with van der Waals surface area (Å²) in [4.78, 5) is 36.2. The molecule has 0 amide bonds. The number of aliphatic hydroxyl groups excluding tert-OH is 1. The van der Waals surface area contributed by atoms with Crippen LogP contribution in [-0.4, -0.2) is 47.9 Å². The van der Waals surface area contributed by atoms with Crippen LogP contribution < -0.4 is 0 Å². The van der Waals surface area contributed by atoms with Gasteiger partial charge in [0.25, 0.3) is 0 Å². The van der Waals surface area contributed by atoms with Crippen molar-refractivity contribution in [3.63, 3.8) is 0 Å². The summed E-state index contributed by atoms with van der Waals surface area (Å²) in [5.74, 6) is -2.22. The number of carbonyl (C=O) groups excluding carboxylic acids is 3. The van der Waals surface area contributed by atoms with Gasteiger partial charge in [-0.15, -0.1) is 0 Å². The van der Waals surface area contributed by atoms with Crippen molar-refractivity contribution in [2.75, 3.05) is 6.61 Å². The molecule has 7 heteroatoms. The summed E-state index contributed by atoms with van der Waals surface area (Å²) in [6.07, 6.45) is 2.80. The molecule has 5 atom stereocenters. The molecule has 0 unspecified atom stereocenters. The summed E-state index contributed by atoms with van der Waals surface area (Å²) in [5.41, 5.74) is 1.56. The number of fused-ring (bicyclic) bond motifs is 1. The smallest absolute Gasteiger partial charge is 0.334 e. The van der Waals surface area contributed by atoms with Crippen molar-refractivity contribution in [1.29, 1.82) is 0 Å². The molecule has 29 heavy (non-hydrogen) atoms. The number of hydrogen-bond donors (Lipinski definition) is 1. The van der Waals surface area contributed by atoms with E-state index >= 15 is 0 Å². The minimum Gasteiger partial charge on any atom is -0.461 e. The third-order valence-electron chi connectivity index (χ3n) is 5.47. The van der Waals surface area contributed by atoms with Gasteiger partial charge < -0.3 is 19.3 Å². The summed E-state index contributed by atoms with van der Waals surface area (Å²) < 4.78 is 16.6. The standard InChI is InChI=1S/C22H30O7/c1-6-12(2)21(25)28-19-10-16(11-23)7-8-17(27-15(5)24)13(3)9-18-20(19)14(4)22(26)29-18/h7,9,12,17-20,23H,4,6,8,10-11H2,1-3,5H3/b13-9-,16-7-/t12-,17+,18-,19-,20+/m1/s1. The number of hydrogen-bond acceptors (Lipinski definition) is 7. The highest BCUT2D eigenvalue weighted by atomic mass is 16.6. The zero-order valence-electron chi connectivity index (χ0n) is 17.5. The molecule has 0 aromatic rings. The lowest BCUT2D eigenvalue weighted by molar-refractivity contribution is -0.156. The van der Waals surface area contributed by atoms with E-state index in [1.807, 2.05) is 6.92 Å². The number of aliphatic hydroxyl groups is 1. The van der Waals surface area contributed by atoms with Crippen LogP contribution in [0.4, 0.5) is 0 Å². The van der Waals surface area contributed by atoms with Crippen LogP contribution in [0.15, 0.2) is 35.5 Å².